The second-order valence-corrected chi connectivity index (χ2v) is 12.6. The van der Waals surface area contributed by atoms with Gasteiger partial charge in [-0.15, -0.1) is 0 Å². The van der Waals surface area contributed by atoms with Crippen LogP contribution in [0.4, 0.5) is 5.69 Å². The number of carbonyl (C=O) groups excluding carboxylic acids is 2. The second-order valence-electron chi connectivity index (χ2n) is 12.6. The molecule has 0 amide bonds. The molecule has 0 spiro atoms. The van der Waals surface area contributed by atoms with Crippen LogP contribution in [0.15, 0.2) is 79.4 Å². The highest BCUT2D eigenvalue weighted by Crippen LogP contribution is 2.31. The third-order valence-electron chi connectivity index (χ3n) is 8.40. The Hall–Kier alpha value is -4.66. The summed E-state index contributed by atoms with van der Waals surface area (Å²) in [6, 6.07) is 19.2. The van der Waals surface area contributed by atoms with Gasteiger partial charge in [-0.2, -0.15) is 0 Å². The van der Waals surface area contributed by atoms with E-state index in [9.17, 15) is 19.7 Å². The maximum atomic E-state index is 12.9. The number of esters is 2. The summed E-state index contributed by atoms with van der Waals surface area (Å²) in [6.07, 6.45) is 16.4. The molecule has 3 aromatic rings. The van der Waals surface area contributed by atoms with Crippen LogP contribution in [0, 0.1) is 10.1 Å². The van der Waals surface area contributed by atoms with E-state index >= 15 is 0 Å². The molecule has 0 fully saturated rings. The quantitative estimate of drug-likeness (QED) is 0.0216. The maximum Gasteiger partial charge on any atom is 0.343 e. The zero-order valence-electron chi connectivity index (χ0n) is 29.7. The fourth-order valence-electron chi connectivity index (χ4n) is 5.51. The molecule has 0 N–H and O–H groups in total. The van der Waals surface area contributed by atoms with Crippen molar-refractivity contribution in [3.63, 3.8) is 0 Å². The minimum Gasteiger partial charge on any atom is -0.494 e. The summed E-state index contributed by atoms with van der Waals surface area (Å²) in [5.41, 5.74) is 1.77. The first-order chi connectivity index (χ1) is 24.3. The van der Waals surface area contributed by atoms with Crippen LogP contribution >= 0.6 is 0 Å². The number of unbranched alkanes of at least 4 members (excludes halogenated alkanes) is 11. The SMILES string of the molecule is C=CC(=O)OCCCCCCCCCCCOc1ccc(-c2ccc(OC(=O)c3ccc(O[C@H](C)CCCCCC)c([N+](=O)[O-])c3)cc2)cc1. The minimum absolute atomic E-state index is 0.0771. The predicted molar refractivity (Wildman–Crippen MR) is 197 cm³/mol. The molecule has 3 rings (SSSR count). The smallest absolute Gasteiger partial charge is 0.343 e. The third-order valence-corrected chi connectivity index (χ3v) is 8.40. The highest BCUT2D eigenvalue weighted by Gasteiger charge is 2.21. The zero-order valence-corrected chi connectivity index (χ0v) is 29.7. The van der Waals surface area contributed by atoms with Crippen LogP contribution in [0.3, 0.4) is 0 Å². The molecule has 0 saturated heterocycles. The first kappa shape index (κ1) is 39.8. The standard InChI is InChI=1S/C41H53NO8/c1-4-6-7-15-18-32(3)49-39-28-23-35(31-38(39)42(45)46)41(44)50-37-26-21-34(22-27-37)33-19-24-36(25-20-33)47-29-16-13-11-9-8-10-12-14-17-30-48-40(43)5-2/h5,19-28,31-32H,2,4,6-18,29-30H2,1,3H3/t32-/m1/s1. The lowest BCUT2D eigenvalue weighted by Crippen LogP contribution is -2.14. The van der Waals surface area contributed by atoms with Crippen LogP contribution in [0.2, 0.25) is 0 Å². The second kappa shape index (κ2) is 22.9. The van der Waals surface area contributed by atoms with Gasteiger partial charge >= 0.3 is 17.6 Å². The number of nitrogens with zero attached hydrogens (tertiary/aromatic N) is 1. The Morgan fingerprint density at radius 2 is 1.32 bits per heavy atom. The van der Waals surface area contributed by atoms with Gasteiger partial charge in [0.05, 0.1) is 29.8 Å². The number of benzene rings is 3. The van der Waals surface area contributed by atoms with Crippen molar-refractivity contribution in [2.45, 2.75) is 110 Å². The first-order valence-electron chi connectivity index (χ1n) is 18.1. The number of ether oxygens (including phenoxy) is 4. The van der Waals surface area contributed by atoms with Gasteiger partial charge in [0.1, 0.15) is 11.5 Å². The molecule has 0 unspecified atom stereocenters. The number of carbonyl (C=O) groups is 2. The number of rotatable bonds is 25. The van der Waals surface area contributed by atoms with Crippen molar-refractivity contribution in [3.05, 3.63) is 95.1 Å². The summed E-state index contributed by atoms with van der Waals surface area (Å²) < 4.78 is 22.3. The molecular weight excluding hydrogens is 634 g/mol. The van der Waals surface area contributed by atoms with E-state index in [1.807, 2.05) is 43.3 Å². The Morgan fingerprint density at radius 1 is 0.760 bits per heavy atom. The Labute approximate surface area is 297 Å². The molecule has 0 aliphatic heterocycles. The number of hydrogen-bond donors (Lipinski definition) is 0. The minimum atomic E-state index is -0.682. The molecule has 270 valence electrons. The highest BCUT2D eigenvalue weighted by atomic mass is 16.6. The summed E-state index contributed by atoms with van der Waals surface area (Å²) in [4.78, 5) is 35.1. The molecule has 1 atom stereocenters. The van der Waals surface area contributed by atoms with Crippen molar-refractivity contribution in [2.75, 3.05) is 13.2 Å². The normalized spacial score (nSPS) is 11.4. The molecule has 0 aromatic heterocycles. The van der Waals surface area contributed by atoms with Gasteiger partial charge in [0.25, 0.3) is 0 Å². The Bertz CT molecular complexity index is 1470. The van der Waals surface area contributed by atoms with Gasteiger partial charge in [-0.1, -0.05) is 102 Å². The molecule has 9 heteroatoms. The summed E-state index contributed by atoms with van der Waals surface area (Å²) in [7, 11) is 0. The van der Waals surface area contributed by atoms with Crippen molar-refractivity contribution >= 4 is 17.6 Å². The Kier molecular flexibility index (Phi) is 18.2. The van der Waals surface area contributed by atoms with Gasteiger partial charge in [-0.25, -0.2) is 9.59 Å². The largest absolute Gasteiger partial charge is 0.494 e. The van der Waals surface area contributed by atoms with Crippen LogP contribution in [0.1, 0.15) is 114 Å². The number of nitro groups is 1. The molecular formula is C41H53NO8. The van der Waals surface area contributed by atoms with Crippen molar-refractivity contribution in [1.29, 1.82) is 0 Å². The topological polar surface area (TPSA) is 114 Å². The number of hydrogen-bond acceptors (Lipinski definition) is 8. The van der Waals surface area contributed by atoms with E-state index in [0.29, 0.717) is 19.0 Å². The lowest BCUT2D eigenvalue weighted by molar-refractivity contribution is -0.386. The van der Waals surface area contributed by atoms with E-state index in [0.717, 1.165) is 74.7 Å². The van der Waals surface area contributed by atoms with Crippen LogP contribution in [0.5, 0.6) is 17.2 Å². The number of nitro benzene ring substituents is 1. The fourth-order valence-corrected chi connectivity index (χ4v) is 5.51. The molecule has 3 aromatic carbocycles. The van der Waals surface area contributed by atoms with Gasteiger partial charge in [0.15, 0.2) is 5.75 Å². The maximum absolute atomic E-state index is 12.9. The molecule has 0 radical (unpaired) electrons. The van der Waals surface area contributed by atoms with Gasteiger partial charge in [0.2, 0.25) is 0 Å². The van der Waals surface area contributed by atoms with E-state index in [-0.39, 0.29) is 29.1 Å². The zero-order chi connectivity index (χ0) is 36.0. The van der Waals surface area contributed by atoms with Crippen LogP contribution < -0.4 is 14.2 Å². The summed E-state index contributed by atoms with van der Waals surface area (Å²) in [5, 5.41) is 11.8. The van der Waals surface area contributed by atoms with E-state index in [4.69, 9.17) is 18.9 Å². The molecule has 0 heterocycles. The van der Waals surface area contributed by atoms with Gasteiger partial charge in [-0.3, -0.25) is 10.1 Å². The van der Waals surface area contributed by atoms with Crippen LogP contribution in [0.25, 0.3) is 11.1 Å². The van der Waals surface area contributed by atoms with Gasteiger partial charge in [-0.05, 0) is 80.1 Å². The molecule has 0 aliphatic rings. The lowest BCUT2D eigenvalue weighted by Gasteiger charge is -2.15. The third kappa shape index (κ3) is 14.8. The van der Waals surface area contributed by atoms with E-state index in [1.165, 1.54) is 56.4 Å². The van der Waals surface area contributed by atoms with Crippen molar-refractivity contribution in [3.8, 4) is 28.4 Å². The van der Waals surface area contributed by atoms with Gasteiger partial charge in [0, 0.05) is 12.1 Å². The summed E-state index contributed by atoms with van der Waals surface area (Å²) in [6.45, 7) is 8.59. The first-order valence-corrected chi connectivity index (χ1v) is 18.1. The molecule has 9 nitrogen and oxygen atoms in total. The lowest BCUT2D eigenvalue weighted by atomic mass is 10.1. The van der Waals surface area contributed by atoms with Gasteiger partial charge < -0.3 is 18.9 Å². The van der Waals surface area contributed by atoms with E-state index in [2.05, 4.69) is 13.5 Å². The Balaban J connectivity index is 1.36. The fraction of sp³-hybridized carbons (Fsp3) is 0.463. The molecule has 50 heavy (non-hydrogen) atoms. The molecule has 0 saturated carbocycles. The van der Waals surface area contributed by atoms with Crippen molar-refractivity contribution in [2.24, 2.45) is 0 Å². The Morgan fingerprint density at radius 3 is 1.90 bits per heavy atom. The van der Waals surface area contributed by atoms with E-state index in [1.54, 1.807) is 12.1 Å². The molecule has 0 bridgehead atoms. The monoisotopic (exact) mass is 687 g/mol. The predicted octanol–water partition coefficient (Wildman–Crippen LogP) is 10.8. The highest BCUT2D eigenvalue weighted by molar-refractivity contribution is 5.92. The molecule has 0 aliphatic carbocycles. The average Bonchev–Trinajstić information content (AvgIpc) is 3.12. The van der Waals surface area contributed by atoms with Crippen LogP contribution in [-0.4, -0.2) is 36.2 Å². The van der Waals surface area contributed by atoms with Crippen molar-refractivity contribution in [1.82, 2.24) is 0 Å². The summed E-state index contributed by atoms with van der Waals surface area (Å²) in [5.74, 6) is 0.279. The van der Waals surface area contributed by atoms with E-state index < -0.39 is 10.9 Å². The average molecular weight is 688 g/mol. The van der Waals surface area contributed by atoms with Crippen LogP contribution in [-0.2, 0) is 9.53 Å². The van der Waals surface area contributed by atoms with Crippen molar-refractivity contribution < 1.29 is 33.5 Å². The summed E-state index contributed by atoms with van der Waals surface area (Å²) >= 11 is 0.